The molecule has 2 aromatic heterocycles. The monoisotopic (exact) mass is 380 g/mol. The number of carbonyl (C=O) groups is 1. The van der Waals surface area contributed by atoms with Gasteiger partial charge in [0.2, 0.25) is 0 Å². The molecule has 0 fully saturated rings. The number of hydrogen-bond donors (Lipinski definition) is 1. The van der Waals surface area contributed by atoms with E-state index in [-0.39, 0.29) is 5.56 Å². The highest BCUT2D eigenvalue weighted by atomic mass is 32.1. The minimum Gasteiger partial charge on any atom is -0.497 e. The van der Waals surface area contributed by atoms with E-state index < -0.39 is 11.5 Å². The van der Waals surface area contributed by atoms with Crippen LogP contribution in [0.4, 0.5) is 5.13 Å². The van der Waals surface area contributed by atoms with Gasteiger partial charge in [0.05, 0.1) is 22.9 Å². The Labute approximate surface area is 158 Å². The fourth-order valence-electron chi connectivity index (χ4n) is 3.05. The number of fused-ring (bicyclic) bond motifs is 2. The summed E-state index contributed by atoms with van der Waals surface area (Å²) in [5, 5.41) is 3.81. The molecule has 0 atom stereocenters. The number of nitrogens with zero attached hydrogens (tertiary/aromatic N) is 1. The first-order valence-electron chi connectivity index (χ1n) is 8.25. The summed E-state index contributed by atoms with van der Waals surface area (Å²) in [6, 6.07) is 10.3. The van der Waals surface area contributed by atoms with Gasteiger partial charge < -0.3 is 9.15 Å². The molecule has 2 aromatic carbocycles. The van der Waals surface area contributed by atoms with Crippen molar-refractivity contribution in [3.05, 3.63) is 63.5 Å². The molecule has 27 heavy (non-hydrogen) atoms. The van der Waals surface area contributed by atoms with Crippen LogP contribution in [0.15, 0.2) is 45.6 Å². The van der Waals surface area contributed by atoms with Gasteiger partial charge >= 0.3 is 5.63 Å². The third-order valence-electron chi connectivity index (χ3n) is 4.25. The molecule has 136 valence electrons. The average molecular weight is 380 g/mol. The van der Waals surface area contributed by atoms with Crippen molar-refractivity contribution in [2.24, 2.45) is 0 Å². The Morgan fingerprint density at radius 1 is 1.19 bits per heavy atom. The summed E-state index contributed by atoms with van der Waals surface area (Å²) in [6.07, 6.45) is 0. The number of carbonyl (C=O) groups excluding carboxylic acids is 1. The molecule has 0 aliphatic rings. The zero-order valence-corrected chi connectivity index (χ0v) is 15.8. The third-order valence-corrected chi connectivity index (χ3v) is 5.16. The summed E-state index contributed by atoms with van der Waals surface area (Å²) in [5.74, 6) is 0.131. The normalized spacial score (nSPS) is 11.1. The molecule has 0 unspecified atom stereocenters. The smallest absolute Gasteiger partial charge is 0.337 e. The van der Waals surface area contributed by atoms with Crippen molar-refractivity contribution in [1.29, 1.82) is 0 Å². The number of nitrogens with one attached hydrogen (secondary N) is 1. The summed E-state index contributed by atoms with van der Waals surface area (Å²) in [6.45, 7) is 4.01. The number of benzene rings is 2. The van der Waals surface area contributed by atoms with Crippen LogP contribution in [0.25, 0.3) is 21.2 Å². The van der Waals surface area contributed by atoms with Crippen LogP contribution in [-0.4, -0.2) is 18.0 Å². The van der Waals surface area contributed by atoms with E-state index in [4.69, 9.17) is 9.15 Å². The molecule has 2 heterocycles. The van der Waals surface area contributed by atoms with Crippen LogP contribution in [0.3, 0.4) is 0 Å². The lowest BCUT2D eigenvalue weighted by atomic mass is 10.1. The van der Waals surface area contributed by atoms with Crippen LogP contribution < -0.4 is 15.7 Å². The fourth-order valence-corrected chi connectivity index (χ4v) is 4.08. The standard InChI is InChI=1S/C20H16N2O4S/c1-10-6-11(2)18-16(7-10)27-20(21-18)22-19(24)14-9-17(23)26-15-8-12(25-3)4-5-13(14)15/h4-9H,1-3H3,(H,21,22,24). The molecule has 6 nitrogen and oxygen atoms in total. The first-order chi connectivity index (χ1) is 12.9. The molecule has 0 radical (unpaired) electrons. The highest BCUT2D eigenvalue weighted by Crippen LogP contribution is 2.30. The number of ether oxygens (including phenoxy) is 1. The largest absolute Gasteiger partial charge is 0.497 e. The van der Waals surface area contributed by atoms with Crippen molar-refractivity contribution in [3.8, 4) is 5.75 Å². The molecule has 4 aromatic rings. The third kappa shape index (κ3) is 3.17. The molecule has 0 saturated carbocycles. The van der Waals surface area contributed by atoms with Gasteiger partial charge in [-0.25, -0.2) is 9.78 Å². The average Bonchev–Trinajstić information content (AvgIpc) is 3.02. The molecule has 0 bridgehead atoms. The van der Waals surface area contributed by atoms with Gasteiger partial charge in [0.15, 0.2) is 5.13 Å². The highest BCUT2D eigenvalue weighted by molar-refractivity contribution is 7.22. The lowest BCUT2D eigenvalue weighted by molar-refractivity contribution is 0.102. The van der Waals surface area contributed by atoms with E-state index in [0.29, 0.717) is 21.9 Å². The van der Waals surface area contributed by atoms with Gasteiger partial charge in [0.1, 0.15) is 11.3 Å². The second kappa shape index (κ2) is 6.51. The molecule has 1 N–H and O–H groups in total. The van der Waals surface area contributed by atoms with Crippen LogP contribution in [0.2, 0.25) is 0 Å². The van der Waals surface area contributed by atoms with Crippen LogP contribution in [0.1, 0.15) is 21.5 Å². The van der Waals surface area contributed by atoms with Crippen molar-refractivity contribution in [3.63, 3.8) is 0 Å². The number of thiazole rings is 1. The van der Waals surface area contributed by atoms with E-state index in [0.717, 1.165) is 21.3 Å². The van der Waals surface area contributed by atoms with Gasteiger partial charge in [-0.15, -0.1) is 0 Å². The topological polar surface area (TPSA) is 81.4 Å². The second-order valence-electron chi connectivity index (χ2n) is 6.24. The van der Waals surface area contributed by atoms with Gasteiger partial charge in [0, 0.05) is 17.5 Å². The van der Waals surface area contributed by atoms with Gasteiger partial charge in [-0.3, -0.25) is 10.1 Å². The van der Waals surface area contributed by atoms with Crippen molar-refractivity contribution in [2.75, 3.05) is 12.4 Å². The zero-order valence-electron chi connectivity index (χ0n) is 15.0. The van der Waals surface area contributed by atoms with Crippen LogP contribution in [0.5, 0.6) is 5.75 Å². The summed E-state index contributed by atoms with van der Waals surface area (Å²) < 4.78 is 11.3. The van der Waals surface area contributed by atoms with Crippen LogP contribution in [0, 0.1) is 13.8 Å². The predicted octanol–water partition coefficient (Wildman–Crippen LogP) is 4.28. The van der Waals surface area contributed by atoms with E-state index in [1.807, 2.05) is 19.9 Å². The molecule has 0 saturated heterocycles. The molecule has 0 spiro atoms. The fraction of sp³-hybridized carbons (Fsp3) is 0.150. The first-order valence-corrected chi connectivity index (χ1v) is 9.07. The maximum absolute atomic E-state index is 12.8. The zero-order chi connectivity index (χ0) is 19.1. The molecule has 0 aliphatic heterocycles. The van der Waals surface area contributed by atoms with Crippen molar-refractivity contribution in [1.82, 2.24) is 4.98 Å². The molecule has 0 aliphatic carbocycles. The van der Waals surface area contributed by atoms with Gasteiger partial charge in [-0.05, 0) is 43.2 Å². The van der Waals surface area contributed by atoms with Crippen LogP contribution in [-0.2, 0) is 0 Å². The maximum atomic E-state index is 12.8. The van der Waals surface area contributed by atoms with Gasteiger partial charge in [-0.2, -0.15) is 0 Å². The summed E-state index contributed by atoms with van der Waals surface area (Å²) in [7, 11) is 1.52. The molecule has 7 heteroatoms. The van der Waals surface area contributed by atoms with Crippen LogP contribution >= 0.6 is 11.3 Å². The van der Waals surface area contributed by atoms with Crippen molar-refractivity contribution in [2.45, 2.75) is 13.8 Å². The molecular formula is C20H16N2O4S. The molecule has 4 rings (SSSR count). The predicted molar refractivity (Wildman–Crippen MR) is 106 cm³/mol. The first kappa shape index (κ1) is 17.2. The number of amides is 1. The van der Waals surface area contributed by atoms with Gasteiger partial charge in [0.25, 0.3) is 5.91 Å². The summed E-state index contributed by atoms with van der Waals surface area (Å²) in [5.41, 5.74) is 2.99. The second-order valence-corrected chi connectivity index (χ2v) is 7.27. The summed E-state index contributed by atoms with van der Waals surface area (Å²) >= 11 is 1.40. The van der Waals surface area contributed by atoms with E-state index in [1.54, 1.807) is 18.2 Å². The Bertz CT molecular complexity index is 1260. The Morgan fingerprint density at radius 2 is 2.00 bits per heavy atom. The maximum Gasteiger partial charge on any atom is 0.337 e. The van der Waals surface area contributed by atoms with Crippen molar-refractivity contribution >= 4 is 43.6 Å². The lowest BCUT2D eigenvalue weighted by Crippen LogP contribution is -2.15. The number of anilines is 1. The number of hydrogen-bond acceptors (Lipinski definition) is 6. The Hall–Kier alpha value is -3.19. The van der Waals surface area contributed by atoms with E-state index in [1.165, 1.54) is 24.5 Å². The van der Waals surface area contributed by atoms with Gasteiger partial charge in [-0.1, -0.05) is 17.4 Å². The summed E-state index contributed by atoms with van der Waals surface area (Å²) in [4.78, 5) is 29.2. The highest BCUT2D eigenvalue weighted by Gasteiger charge is 2.16. The Balaban J connectivity index is 1.75. The quantitative estimate of drug-likeness (QED) is 0.537. The molecular weight excluding hydrogens is 364 g/mol. The SMILES string of the molecule is COc1ccc2c(C(=O)Nc3nc4c(C)cc(C)cc4s3)cc(=O)oc2c1. The van der Waals surface area contributed by atoms with Crippen molar-refractivity contribution < 1.29 is 13.9 Å². The minimum absolute atomic E-state index is 0.232. The lowest BCUT2D eigenvalue weighted by Gasteiger charge is -2.06. The molecule has 1 amide bonds. The van der Waals surface area contributed by atoms with E-state index in [2.05, 4.69) is 16.4 Å². The number of methoxy groups -OCH3 is 1. The van der Waals surface area contributed by atoms with E-state index >= 15 is 0 Å². The minimum atomic E-state index is -0.600. The Kier molecular flexibility index (Phi) is 4.16. The number of rotatable bonds is 3. The number of aromatic nitrogens is 1. The number of aryl methyl sites for hydroxylation is 2. The van der Waals surface area contributed by atoms with E-state index in [9.17, 15) is 9.59 Å². The Morgan fingerprint density at radius 3 is 2.78 bits per heavy atom.